The van der Waals surface area contributed by atoms with Crippen LogP contribution >= 0.6 is 69.6 Å². The second-order valence-electron chi connectivity index (χ2n) is 32.0. The Kier molecular flexibility index (Phi) is 28.8. The highest BCUT2D eigenvalue weighted by atomic mass is 35.5. The number of hydrogen-bond acceptors (Lipinski definition) is 21. The smallest absolute Gasteiger partial charge is 0.276 e. The van der Waals surface area contributed by atoms with Crippen molar-refractivity contribution in [3.05, 3.63) is 257 Å². The van der Waals surface area contributed by atoms with Gasteiger partial charge in [-0.25, -0.2) is 50.1 Å². The molecular formula is C93H75Cl6F9N18O9. The van der Waals surface area contributed by atoms with E-state index in [9.17, 15) is 77.4 Å². The SMILES string of the molecule is C=CC(=O)N1CCN(c2c(C#N)c(=O)n(-c3c(C)ccnc3C(C)C)c3nc(-c4c(F)c(O)c(F)c(Cl)c4F)c(Cl)cc23)CC1.C=CC(=O)N1CCN(c2c(C#N)c(=O)n(-c3c(C)ccnc3C(C)C)c3nc(-c4c(F)c(O)c(F)c(Cl)c4F)c(Cl)cc23)CC1.C=CC(=O)N1CCN(c2c(C#N)c(=O)n(-c3c(C)ccnc3C(C)C)c3nc(-c4c(F)c(O)c(F)c(F)c4Cl)c(Cl)cc23)CC1. The number of pyridine rings is 9. The van der Waals surface area contributed by atoms with Crippen LogP contribution in [0.1, 0.15) is 110 Å². The molecule has 3 saturated heterocycles. The first-order valence-corrected chi connectivity index (χ1v) is 43.4. The molecule has 12 aromatic rings. The van der Waals surface area contributed by atoms with Gasteiger partial charge in [-0.3, -0.25) is 57.4 Å². The van der Waals surface area contributed by atoms with Crippen LogP contribution in [-0.2, 0) is 14.4 Å². The molecule has 3 N–H and O–H groups in total. The van der Waals surface area contributed by atoms with Crippen molar-refractivity contribution in [3.8, 4) is 86.3 Å². The van der Waals surface area contributed by atoms with E-state index in [-0.39, 0.29) is 196 Å². The molecule has 3 fully saturated rings. The summed E-state index contributed by atoms with van der Waals surface area (Å²) >= 11 is 37.3. The summed E-state index contributed by atoms with van der Waals surface area (Å²) in [6.07, 6.45) is 8.28. The predicted octanol–water partition coefficient (Wildman–Crippen LogP) is 18.0. The van der Waals surface area contributed by atoms with Crippen molar-refractivity contribution in [1.82, 2.24) is 58.3 Å². The van der Waals surface area contributed by atoms with E-state index in [0.29, 0.717) is 50.8 Å². The molecule has 0 spiro atoms. The molecule has 3 aliphatic heterocycles. The molecule has 0 unspecified atom stereocenters. The number of piperazine rings is 3. The molecular weight excluding hydrogens is 1900 g/mol. The van der Waals surface area contributed by atoms with Gasteiger partial charge in [0.25, 0.3) is 16.7 Å². The molecule has 0 saturated carbocycles. The van der Waals surface area contributed by atoms with Crippen molar-refractivity contribution in [1.29, 1.82) is 15.8 Å². The van der Waals surface area contributed by atoms with Gasteiger partial charge in [0.05, 0.1) is 105 Å². The van der Waals surface area contributed by atoms with Crippen molar-refractivity contribution in [2.75, 3.05) is 93.2 Å². The first-order chi connectivity index (χ1) is 64.0. The highest BCUT2D eigenvalue weighted by Crippen LogP contribution is 2.49. The van der Waals surface area contributed by atoms with Gasteiger partial charge in [-0.15, -0.1) is 0 Å². The minimum atomic E-state index is -1.89. The third-order valence-corrected chi connectivity index (χ3v) is 24.9. The van der Waals surface area contributed by atoms with Crippen LogP contribution in [0, 0.1) is 107 Å². The zero-order valence-corrected chi connectivity index (χ0v) is 77.3. The summed E-state index contributed by atoms with van der Waals surface area (Å²) in [7, 11) is 0. The predicted molar refractivity (Wildman–Crippen MR) is 494 cm³/mol. The van der Waals surface area contributed by atoms with Crippen LogP contribution in [0.4, 0.5) is 56.6 Å². The summed E-state index contributed by atoms with van der Waals surface area (Å²) in [5.41, 5.74) is -3.39. The number of benzene rings is 3. The van der Waals surface area contributed by atoms with Gasteiger partial charge < -0.3 is 44.7 Å². The van der Waals surface area contributed by atoms with Crippen LogP contribution in [0.25, 0.3) is 83.9 Å². The normalized spacial score (nSPS) is 13.4. The van der Waals surface area contributed by atoms with Crippen LogP contribution in [-0.4, -0.2) is 170 Å². The fourth-order valence-electron chi connectivity index (χ4n) is 16.4. The zero-order chi connectivity index (χ0) is 98.7. The first-order valence-electron chi connectivity index (χ1n) is 41.1. The van der Waals surface area contributed by atoms with Crippen LogP contribution in [0.3, 0.4) is 0 Å². The maximum atomic E-state index is 15.3. The molecule has 27 nitrogen and oxygen atoms in total. The third kappa shape index (κ3) is 17.5. The number of carbonyl (C=O) groups excluding carboxylic acids is 3. The highest BCUT2D eigenvalue weighted by molar-refractivity contribution is 6.37. The Balaban J connectivity index is 0.000000171. The average molecular weight is 1970 g/mol. The Morgan fingerprint density at radius 3 is 0.881 bits per heavy atom. The number of aryl methyl sites for hydroxylation is 3. The summed E-state index contributed by atoms with van der Waals surface area (Å²) in [5, 5.41) is 57.2. The van der Waals surface area contributed by atoms with Crippen LogP contribution in [0.5, 0.6) is 17.2 Å². The number of nitrogens with zero attached hydrogens (tertiary/aromatic N) is 18. The van der Waals surface area contributed by atoms with E-state index in [4.69, 9.17) is 69.6 Å². The number of phenols is 3. The van der Waals surface area contributed by atoms with Gasteiger partial charge in [0, 0.05) is 113 Å². The van der Waals surface area contributed by atoms with E-state index in [0.717, 1.165) is 13.7 Å². The van der Waals surface area contributed by atoms with E-state index in [1.54, 1.807) is 87.0 Å². The van der Waals surface area contributed by atoms with Gasteiger partial charge >= 0.3 is 0 Å². The number of carbonyl (C=O) groups is 3. The van der Waals surface area contributed by atoms with E-state index in [1.807, 2.05) is 59.8 Å². The second-order valence-corrected chi connectivity index (χ2v) is 34.4. The average Bonchev–Trinajstić information content (AvgIpc) is 0.728. The Labute approximate surface area is 792 Å². The second kappa shape index (κ2) is 39.4. The molecule has 3 amide bonds. The molecule has 42 heteroatoms. The number of phenolic OH excluding ortho intramolecular Hbond substituents is 3. The number of halogens is 15. The highest BCUT2D eigenvalue weighted by Gasteiger charge is 2.39. The van der Waals surface area contributed by atoms with E-state index < -0.39 is 135 Å². The summed E-state index contributed by atoms with van der Waals surface area (Å²) in [4.78, 5) is 116. The maximum absolute atomic E-state index is 15.3. The van der Waals surface area contributed by atoms with Gasteiger partial charge in [-0.2, -0.15) is 20.2 Å². The van der Waals surface area contributed by atoms with Gasteiger partial charge in [0.2, 0.25) is 23.5 Å². The molecule has 12 heterocycles. The maximum Gasteiger partial charge on any atom is 0.276 e. The Hall–Kier alpha value is -13.8. The lowest BCUT2D eigenvalue weighted by Crippen LogP contribution is -2.49. The van der Waals surface area contributed by atoms with Crippen LogP contribution < -0.4 is 31.4 Å². The first kappa shape index (κ1) is 98.7. The lowest BCUT2D eigenvalue weighted by molar-refractivity contribution is -0.127. The molecule has 0 radical (unpaired) electrons. The van der Waals surface area contributed by atoms with Crippen molar-refractivity contribution < 1.29 is 69.2 Å². The van der Waals surface area contributed by atoms with Gasteiger partial charge in [0.1, 0.15) is 61.9 Å². The van der Waals surface area contributed by atoms with Crippen LogP contribution in [0.15, 0.2) is 107 Å². The summed E-state index contributed by atoms with van der Waals surface area (Å²) in [6, 6.07) is 14.9. The summed E-state index contributed by atoms with van der Waals surface area (Å²) in [6.45, 7) is 29.7. The molecule has 135 heavy (non-hydrogen) atoms. The molecule has 3 aliphatic rings. The lowest BCUT2D eigenvalue weighted by Gasteiger charge is -2.36. The van der Waals surface area contributed by atoms with Gasteiger partial charge in [-0.1, -0.05) is 131 Å². The zero-order valence-electron chi connectivity index (χ0n) is 72.8. The minimum absolute atomic E-state index is 0.115. The fraction of sp³-hybridized carbons (Fsp3) is 0.258. The number of nitriles is 3. The number of fused-ring (bicyclic) bond motifs is 3. The van der Waals surface area contributed by atoms with E-state index in [1.165, 1.54) is 36.4 Å². The number of aromatic hydroxyl groups is 3. The van der Waals surface area contributed by atoms with Gasteiger partial charge in [-0.05, 0) is 110 Å². The molecule has 9 aromatic heterocycles. The molecule has 3 aromatic carbocycles. The Bertz CT molecular complexity index is 6650. The molecule has 15 rings (SSSR count). The minimum Gasteiger partial charge on any atom is -0.503 e. The van der Waals surface area contributed by atoms with Crippen molar-refractivity contribution in [2.24, 2.45) is 0 Å². The Morgan fingerprint density at radius 2 is 0.630 bits per heavy atom. The molecule has 696 valence electrons. The standard InChI is InChI=1S/3C31H25Cl2F3N6O3/c2*1-5-19(43)40-8-10-41(11-9-40)28-16-12-18(32)26(20-22(34)21(33)24(36)29(44)23(20)35)39-30(16)42(31(45)17(28)13-37)27-15(4)6-7-38-25(27)14(2)3;1-5-19(43)40-8-10-41(11-9-40)28-16-12-18(32)26(20-21(33)23(35)24(36)29(44)22(20)34)39-30(16)42(31(45)17(28)13-37)27-15(4)6-7-38-25(27)14(2)3/h3*5-7,12,14,44H,1,8-11H2,2-4H3. The summed E-state index contributed by atoms with van der Waals surface area (Å²) < 4.78 is 137. The van der Waals surface area contributed by atoms with Crippen molar-refractivity contribution in [3.63, 3.8) is 0 Å². The van der Waals surface area contributed by atoms with Crippen molar-refractivity contribution in [2.45, 2.75) is 80.1 Å². The Morgan fingerprint density at radius 1 is 0.378 bits per heavy atom. The monoisotopic (exact) mass is 1970 g/mol. The number of amides is 3. The molecule has 0 aliphatic carbocycles. The van der Waals surface area contributed by atoms with Crippen molar-refractivity contribution >= 4 is 137 Å². The summed E-state index contributed by atoms with van der Waals surface area (Å²) in [5.74, 6) is -21.3. The molecule has 0 atom stereocenters. The van der Waals surface area contributed by atoms with E-state index in [2.05, 4.69) is 49.6 Å². The number of anilines is 3. The number of aromatic nitrogens is 9. The quantitative estimate of drug-likeness (QED) is 0.0371. The van der Waals surface area contributed by atoms with E-state index >= 15 is 22.0 Å². The molecule has 0 bridgehead atoms. The van der Waals surface area contributed by atoms with Gasteiger partial charge in [0.15, 0.2) is 63.8 Å². The number of hydrogen-bond donors (Lipinski definition) is 3. The topological polar surface area (TPSA) is 346 Å². The fourth-order valence-corrected chi connectivity index (χ4v) is 17.8. The van der Waals surface area contributed by atoms with Crippen LogP contribution in [0.2, 0.25) is 30.1 Å². The number of rotatable bonds is 15. The largest absolute Gasteiger partial charge is 0.503 e. The third-order valence-electron chi connectivity index (χ3n) is 23.0. The lowest BCUT2D eigenvalue weighted by atomic mass is 10.0.